The quantitative estimate of drug-likeness (QED) is 0.835. The smallest absolute Gasteiger partial charge is 0.340 e. The minimum atomic E-state index is -4.05. The van der Waals surface area contributed by atoms with E-state index >= 15 is 0 Å². The van der Waals surface area contributed by atoms with E-state index in [2.05, 4.69) is 4.74 Å². The molecule has 0 saturated carbocycles. The Bertz CT molecular complexity index is 807. The van der Waals surface area contributed by atoms with Crippen LogP contribution in [0.15, 0.2) is 42.5 Å². The summed E-state index contributed by atoms with van der Waals surface area (Å²) in [4.78, 5) is 11.9. The van der Waals surface area contributed by atoms with Crippen LogP contribution in [-0.4, -0.2) is 21.5 Å². The molecule has 2 rings (SSSR count). The number of carbonyl (C=O) groups is 1. The second-order valence-electron chi connectivity index (χ2n) is 4.38. The van der Waals surface area contributed by atoms with Crippen molar-refractivity contribution in [1.82, 2.24) is 0 Å². The van der Waals surface area contributed by atoms with Gasteiger partial charge < -0.3 is 4.74 Å². The number of rotatable bonds is 4. The first-order valence-electron chi connectivity index (χ1n) is 6.09. The third-order valence-corrected chi connectivity index (χ3v) is 3.67. The van der Waals surface area contributed by atoms with Gasteiger partial charge in [0, 0.05) is 5.56 Å². The van der Waals surface area contributed by atoms with Crippen LogP contribution in [0.5, 0.6) is 0 Å². The highest BCUT2D eigenvalue weighted by atomic mass is 35.5. The van der Waals surface area contributed by atoms with Crippen LogP contribution in [0.25, 0.3) is 11.1 Å². The van der Waals surface area contributed by atoms with E-state index in [0.717, 1.165) is 5.56 Å². The van der Waals surface area contributed by atoms with Crippen LogP contribution in [0.1, 0.15) is 10.4 Å². The molecule has 2 aromatic carbocycles. The van der Waals surface area contributed by atoms with Gasteiger partial charge in [0.2, 0.25) is 0 Å². The summed E-state index contributed by atoms with van der Waals surface area (Å²) in [5.41, 5.74) is 1.32. The lowest BCUT2D eigenvalue weighted by atomic mass is 10.0. The molecule has 0 aliphatic carbocycles. The van der Waals surface area contributed by atoms with Gasteiger partial charge in [-0.3, -0.25) is 4.72 Å². The number of anilines is 1. The standard InChI is InChI=1S/C14H13ClN2O4S/c1-21-14(18)11-7-10(9-5-3-2-4-6-9)12(15)8-13(11)17-22(16,19)20/h2-8,17H,1H3,(H2,16,19,20). The number of ether oxygens (including phenoxy) is 1. The Hall–Kier alpha value is -2.09. The zero-order chi connectivity index (χ0) is 16.3. The average Bonchev–Trinajstić information content (AvgIpc) is 2.46. The van der Waals surface area contributed by atoms with Gasteiger partial charge in [-0.1, -0.05) is 41.9 Å². The fourth-order valence-corrected chi connectivity index (χ4v) is 2.68. The molecule has 0 amide bonds. The van der Waals surface area contributed by atoms with Crippen LogP contribution in [0.3, 0.4) is 0 Å². The van der Waals surface area contributed by atoms with Gasteiger partial charge in [-0.25, -0.2) is 9.93 Å². The van der Waals surface area contributed by atoms with Crippen molar-refractivity contribution in [2.24, 2.45) is 5.14 Å². The zero-order valence-corrected chi connectivity index (χ0v) is 13.1. The van der Waals surface area contributed by atoms with Crippen LogP contribution >= 0.6 is 11.6 Å². The minimum Gasteiger partial charge on any atom is -0.465 e. The minimum absolute atomic E-state index is 0.0137. The van der Waals surface area contributed by atoms with Gasteiger partial charge in [0.05, 0.1) is 23.4 Å². The molecule has 0 atom stereocenters. The summed E-state index contributed by atoms with van der Waals surface area (Å²) in [7, 11) is -2.86. The summed E-state index contributed by atoms with van der Waals surface area (Å²) in [6, 6.07) is 11.9. The second kappa shape index (κ2) is 6.35. The summed E-state index contributed by atoms with van der Waals surface area (Å²) in [6.07, 6.45) is 0. The Labute approximate surface area is 133 Å². The monoisotopic (exact) mass is 340 g/mol. The van der Waals surface area contributed by atoms with E-state index in [1.807, 2.05) is 35.1 Å². The lowest BCUT2D eigenvalue weighted by Gasteiger charge is -2.13. The van der Waals surface area contributed by atoms with E-state index in [-0.39, 0.29) is 16.3 Å². The predicted molar refractivity (Wildman–Crippen MR) is 85.0 cm³/mol. The maximum atomic E-state index is 11.9. The molecule has 8 heteroatoms. The van der Waals surface area contributed by atoms with Gasteiger partial charge in [-0.15, -0.1) is 0 Å². The molecule has 0 bridgehead atoms. The van der Waals surface area contributed by atoms with Gasteiger partial charge in [0.15, 0.2) is 0 Å². The Morgan fingerprint density at radius 2 is 1.86 bits per heavy atom. The molecule has 2 aromatic rings. The third kappa shape index (κ3) is 3.76. The van der Waals surface area contributed by atoms with Crippen LogP contribution in [-0.2, 0) is 14.9 Å². The summed E-state index contributed by atoms with van der Waals surface area (Å²) in [5, 5.41) is 5.21. The van der Waals surface area contributed by atoms with Crippen molar-refractivity contribution in [2.75, 3.05) is 11.8 Å². The molecule has 0 spiro atoms. The number of esters is 1. The highest BCUT2D eigenvalue weighted by Gasteiger charge is 2.18. The van der Waals surface area contributed by atoms with Crippen molar-refractivity contribution in [3.63, 3.8) is 0 Å². The number of methoxy groups -OCH3 is 1. The highest BCUT2D eigenvalue weighted by Crippen LogP contribution is 2.33. The van der Waals surface area contributed by atoms with E-state index in [1.54, 1.807) is 0 Å². The molecular formula is C14H13ClN2O4S. The van der Waals surface area contributed by atoms with Gasteiger partial charge in [0.1, 0.15) is 0 Å². The molecule has 0 aliphatic rings. The fraction of sp³-hybridized carbons (Fsp3) is 0.0714. The molecular weight excluding hydrogens is 328 g/mol. The predicted octanol–water partition coefficient (Wildman–Crippen LogP) is 2.41. The van der Waals surface area contributed by atoms with Crippen LogP contribution in [0.4, 0.5) is 5.69 Å². The fourth-order valence-electron chi connectivity index (χ4n) is 1.93. The number of hydrogen-bond donors (Lipinski definition) is 2. The maximum absolute atomic E-state index is 11.9. The van der Waals surface area contributed by atoms with Gasteiger partial charge in [-0.05, 0) is 17.7 Å². The van der Waals surface area contributed by atoms with Gasteiger partial charge in [-0.2, -0.15) is 8.42 Å². The van der Waals surface area contributed by atoms with Gasteiger partial charge in [0.25, 0.3) is 10.2 Å². The number of hydrogen-bond acceptors (Lipinski definition) is 4. The number of nitrogens with two attached hydrogens (primary N) is 1. The Balaban J connectivity index is 2.63. The molecule has 116 valence electrons. The second-order valence-corrected chi connectivity index (χ2v) is 6.08. The molecule has 0 fully saturated rings. The van der Waals surface area contributed by atoms with Crippen LogP contribution in [0.2, 0.25) is 5.02 Å². The molecule has 0 aliphatic heterocycles. The van der Waals surface area contributed by atoms with Crippen molar-refractivity contribution in [3.05, 3.63) is 53.1 Å². The number of benzene rings is 2. The van der Waals surface area contributed by atoms with Gasteiger partial charge >= 0.3 is 5.97 Å². The summed E-state index contributed by atoms with van der Waals surface area (Å²) < 4.78 is 29.1. The molecule has 0 radical (unpaired) electrons. The SMILES string of the molecule is COC(=O)c1cc(-c2ccccc2)c(Cl)cc1NS(N)(=O)=O. The first kappa shape index (κ1) is 16.3. The summed E-state index contributed by atoms with van der Waals surface area (Å²) in [5.74, 6) is -0.708. The molecule has 6 nitrogen and oxygen atoms in total. The average molecular weight is 341 g/mol. The van der Waals surface area contributed by atoms with Crippen molar-refractivity contribution >= 4 is 33.5 Å². The van der Waals surface area contributed by atoms with E-state index in [4.69, 9.17) is 16.7 Å². The normalized spacial score (nSPS) is 11.0. The van der Waals surface area contributed by atoms with E-state index in [9.17, 15) is 13.2 Å². The van der Waals surface area contributed by atoms with Crippen molar-refractivity contribution in [1.29, 1.82) is 0 Å². The molecule has 0 saturated heterocycles. The van der Waals surface area contributed by atoms with Crippen LogP contribution < -0.4 is 9.86 Å². The zero-order valence-electron chi connectivity index (χ0n) is 11.5. The number of nitrogens with one attached hydrogen (secondary N) is 1. The molecule has 0 aromatic heterocycles. The topological polar surface area (TPSA) is 98.5 Å². The molecule has 3 N–H and O–H groups in total. The Kier molecular flexibility index (Phi) is 4.70. The molecule has 0 heterocycles. The first-order valence-corrected chi connectivity index (χ1v) is 8.02. The van der Waals surface area contributed by atoms with Crippen molar-refractivity contribution < 1.29 is 17.9 Å². The first-order chi connectivity index (χ1) is 10.3. The largest absolute Gasteiger partial charge is 0.465 e. The highest BCUT2D eigenvalue weighted by molar-refractivity contribution is 7.90. The third-order valence-electron chi connectivity index (χ3n) is 2.85. The summed E-state index contributed by atoms with van der Waals surface area (Å²) >= 11 is 6.18. The van der Waals surface area contributed by atoms with E-state index in [0.29, 0.717) is 5.56 Å². The van der Waals surface area contributed by atoms with Crippen molar-refractivity contribution in [2.45, 2.75) is 0 Å². The molecule has 0 unspecified atom stereocenters. The Morgan fingerprint density at radius 3 is 2.41 bits per heavy atom. The van der Waals surface area contributed by atoms with Crippen molar-refractivity contribution in [3.8, 4) is 11.1 Å². The van der Waals surface area contributed by atoms with E-state index in [1.165, 1.54) is 19.2 Å². The lowest BCUT2D eigenvalue weighted by Crippen LogP contribution is -2.23. The number of halogens is 1. The maximum Gasteiger partial charge on any atom is 0.340 e. The molecule has 22 heavy (non-hydrogen) atoms. The van der Waals surface area contributed by atoms with E-state index < -0.39 is 16.2 Å². The Morgan fingerprint density at radius 1 is 1.23 bits per heavy atom. The summed E-state index contributed by atoms with van der Waals surface area (Å²) in [6.45, 7) is 0. The van der Waals surface area contributed by atoms with Crippen LogP contribution in [0, 0.1) is 0 Å². The number of carbonyl (C=O) groups excluding carboxylic acids is 1. The lowest BCUT2D eigenvalue weighted by molar-refractivity contribution is 0.0602.